The van der Waals surface area contributed by atoms with Crippen molar-refractivity contribution in [2.45, 2.75) is 26.8 Å². The van der Waals surface area contributed by atoms with E-state index in [9.17, 15) is 9.90 Å². The van der Waals surface area contributed by atoms with Gasteiger partial charge in [-0.05, 0) is 35.2 Å². The quantitative estimate of drug-likeness (QED) is 0.310. The van der Waals surface area contributed by atoms with Gasteiger partial charge >= 0.3 is 0 Å². The van der Waals surface area contributed by atoms with Crippen LogP contribution < -0.4 is 20.1 Å². The van der Waals surface area contributed by atoms with Crippen molar-refractivity contribution in [3.05, 3.63) is 47.5 Å². The number of benzene rings is 2. The van der Waals surface area contributed by atoms with Crippen molar-refractivity contribution in [3.8, 4) is 17.2 Å². The Kier molecular flexibility index (Phi) is 6.20. The van der Waals surface area contributed by atoms with Gasteiger partial charge in [0, 0.05) is 14.1 Å². The van der Waals surface area contributed by atoms with Gasteiger partial charge in [-0.1, -0.05) is 32.9 Å². The third-order valence-electron chi connectivity index (χ3n) is 5.92. The van der Waals surface area contributed by atoms with E-state index in [0.29, 0.717) is 40.1 Å². The highest BCUT2D eigenvalue weighted by Gasteiger charge is 2.30. The molecule has 37 heavy (non-hydrogen) atoms. The minimum absolute atomic E-state index is 0.168. The average Bonchev–Trinajstić information content (AvgIpc) is 3.51. The number of aromatic hydroxyl groups is 1. The van der Waals surface area contributed by atoms with Crippen molar-refractivity contribution < 1.29 is 19.4 Å². The second-order valence-electron chi connectivity index (χ2n) is 9.91. The van der Waals surface area contributed by atoms with Gasteiger partial charge in [0.2, 0.25) is 18.1 Å². The second-order valence-corrected chi connectivity index (χ2v) is 10.4. The Labute approximate surface area is 217 Å². The Morgan fingerprint density at radius 2 is 1.76 bits per heavy atom. The average molecular weight is 522 g/mol. The number of phenolic OH excluding ortho intramolecular Hbond substituents is 1. The van der Waals surface area contributed by atoms with E-state index in [1.807, 2.05) is 18.2 Å². The number of carbonyl (C=O) groups excluding carboxylic acids is 1. The smallest absolute Gasteiger partial charge is 0.257 e. The maximum atomic E-state index is 12.5. The fourth-order valence-electron chi connectivity index (χ4n) is 4.04. The first-order chi connectivity index (χ1) is 17.6. The molecule has 0 saturated heterocycles. The maximum absolute atomic E-state index is 12.5. The second kappa shape index (κ2) is 9.36. The van der Waals surface area contributed by atoms with Crippen LogP contribution in [0.25, 0.3) is 11.3 Å². The Hall–Kier alpha value is -4.19. The molecule has 192 valence electrons. The number of hydrogen-bond acceptors (Lipinski definition) is 11. The van der Waals surface area contributed by atoms with Gasteiger partial charge in [0.15, 0.2) is 28.9 Å². The molecule has 0 aliphatic carbocycles. The summed E-state index contributed by atoms with van der Waals surface area (Å²) in [5.41, 5.74) is 1.97. The van der Waals surface area contributed by atoms with E-state index in [1.54, 1.807) is 32.3 Å². The lowest BCUT2D eigenvalue weighted by Gasteiger charge is -2.33. The van der Waals surface area contributed by atoms with Crippen molar-refractivity contribution in [3.63, 3.8) is 0 Å². The Bertz CT molecular complexity index is 1480. The number of nitrogens with zero attached hydrogens (tertiary/aromatic N) is 5. The van der Waals surface area contributed by atoms with Crippen molar-refractivity contribution >= 4 is 46.3 Å². The van der Waals surface area contributed by atoms with Crippen LogP contribution in [0.5, 0.6) is 17.2 Å². The normalized spacial score (nSPS) is 13.4. The highest BCUT2D eigenvalue weighted by Crippen LogP contribution is 2.42. The Morgan fingerprint density at radius 3 is 2.46 bits per heavy atom. The van der Waals surface area contributed by atoms with E-state index in [2.05, 4.69) is 50.1 Å². The number of amides is 1. The van der Waals surface area contributed by atoms with E-state index in [0.717, 1.165) is 17.3 Å². The van der Waals surface area contributed by atoms with Crippen LogP contribution in [0, 0.1) is 5.41 Å². The fourth-order valence-corrected chi connectivity index (χ4v) is 4.48. The number of aromatic nitrogens is 4. The van der Waals surface area contributed by atoms with E-state index in [1.165, 1.54) is 4.90 Å². The monoisotopic (exact) mass is 521 g/mol. The maximum Gasteiger partial charge on any atom is 0.257 e. The number of anilines is 3. The van der Waals surface area contributed by atoms with E-state index < -0.39 is 0 Å². The molecule has 3 heterocycles. The predicted octanol–water partition coefficient (Wildman–Crippen LogP) is 4.56. The highest BCUT2D eigenvalue weighted by molar-refractivity contribution is 6.99. The molecule has 0 fully saturated rings. The zero-order chi connectivity index (χ0) is 26.3. The number of phenols is 1. The largest absolute Gasteiger partial charge is 0.505 e. The number of carbonyl (C=O) groups is 1. The van der Waals surface area contributed by atoms with Gasteiger partial charge in [-0.3, -0.25) is 4.79 Å². The molecule has 0 saturated carbocycles. The molecule has 12 heteroatoms. The van der Waals surface area contributed by atoms with Crippen LogP contribution >= 0.6 is 11.7 Å². The molecule has 0 unspecified atom stereocenters. The summed E-state index contributed by atoms with van der Waals surface area (Å²) in [6, 6.07) is 10.5. The number of rotatable bonds is 6. The van der Waals surface area contributed by atoms with Gasteiger partial charge < -0.3 is 30.1 Å². The molecule has 0 radical (unpaired) electrons. The molecule has 2 aromatic heterocycles. The van der Waals surface area contributed by atoms with Crippen molar-refractivity contribution in [1.82, 2.24) is 23.6 Å². The van der Waals surface area contributed by atoms with Crippen LogP contribution in [0.1, 0.15) is 42.7 Å². The summed E-state index contributed by atoms with van der Waals surface area (Å²) in [4.78, 5) is 23.2. The molecular weight excluding hydrogens is 494 g/mol. The van der Waals surface area contributed by atoms with Gasteiger partial charge in [0.05, 0.1) is 29.0 Å². The summed E-state index contributed by atoms with van der Waals surface area (Å²) in [6.45, 7) is 6.53. The molecular formula is C25H27N7O4S. The Balaban J connectivity index is 1.56. The summed E-state index contributed by atoms with van der Waals surface area (Å²) < 4.78 is 19.5. The summed E-state index contributed by atoms with van der Waals surface area (Å²) >= 11 is 1.01. The van der Waals surface area contributed by atoms with Crippen molar-refractivity contribution in [2.75, 3.05) is 31.5 Å². The van der Waals surface area contributed by atoms with Gasteiger partial charge in [-0.2, -0.15) is 8.75 Å². The molecule has 1 amide bonds. The topological polar surface area (TPSA) is 135 Å². The van der Waals surface area contributed by atoms with Crippen LogP contribution in [0.3, 0.4) is 0 Å². The first-order valence-electron chi connectivity index (χ1n) is 11.6. The molecule has 2 aromatic carbocycles. The van der Waals surface area contributed by atoms with Gasteiger partial charge in [0.1, 0.15) is 0 Å². The molecule has 1 aliphatic rings. The van der Waals surface area contributed by atoms with Crippen LogP contribution in [0.2, 0.25) is 0 Å². The molecule has 1 aliphatic heterocycles. The molecule has 4 aromatic rings. The van der Waals surface area contributed by atoms with Gasteiger partial charge in [-0.15, -0.1) is 0 Å². The van der Waals surface area contributed by atoms with Crippen LogP contribution in [-0.2, 0) is 0 Å². The first kappa shape index (κ1) is 24.5. The molecule has 1 atom stereocenters. The van der Waals surface area contributed by atoms with Gasteiger partial charge in [0.25, 0.3) is 5.91 Å². The summed E-state index contributed by atoms with van der Waals surface area (Å²) in [5, 5.41) is 17.5. The fraction of sp³-hybridized carbons (Fsp3) is 0.320. The lowest BCUT2D eigenvalue weighted by molar-refractivity contribution is 0.0824. The first-order valence-corrected chi connectivity index (χ1v) is 12.3. The SMILES string of the molecule is CN(C)C(=O)c1cccc(Nc2nc3nsnc3nc2N[C@@H](c2ccc3c(c2)OCO3)C(C)(C)C)c1O. The molecule has 5 rings (SSSR count). The lowest BCUT2D eigenvalue weighted by atomic mass is 9.82. The molecule has 11 nitrogen and oxygen atoms in total. The van der Waals surface area contributed by atoms with E-state index in [4.69, 9.17) is 9.47 Å². The third kappa shape index (κ3) is 4.79. The van der Waals surface area contributed by atoms with E-state index >= 15 is 0 Å². The summed E-state index contributed by atoms with van der Waals surface area (Å²) in [7, 11) is 3.25. The zero-order valence-electron chi connectivity index (χ0n) is 21.1. The van der Waals surface area contributed by atoms with Crippen LogP contribution in [0.15, 0.2) is 36.4 Å². The van der Waals surface area contributed by atoms with Crippen LogP contribution in [-0.4, -0.2) is 55.5 Å². The number of nitrogens with one attached hydrogen (secondary N) is 2. The Morgan fingerprint density at radius 1 is 1.05 bits per heavy atom. The summed E-state index contributed by atoms with van der Waals surface area (Å²) in [5.74, 6) is 1.64. The minimum Gasteiger partial charge on any atom is -0.505 e. The number of para-hydroxylation sites is 1. The minimum atomic E-state index is -0.319. The molecule has 0 bridgehead atoms. The summed E-state index contributed by atoms with van der Waals surface area (Å²) in [6.07, 6.45) is 0. The van der Waals surface area contributed by atoms with Crippen molar-refractivity contribution in [2.24, 2.45) is 5.41 Å². The highest BCUT2D eigenvalue weighted by atomic mass is 32.1. The number of fused-ring (bicyclic) bond motifs is 2. The van der Waals surface area contributed by atoms with Gasteiger partial charge in [-0.25, -0.2) is 9.97 Å². The third-order valence-corrected chi connectivity index (χ3v) is 6.43. The number of hydrogen-bond donors (Lipinski definition) is 3. The molecule has 3 N–H and O–H groups in total. The van der Waals surface area contributed by atoms with Crippen molar-refractivity contribution in [1.29, 1.82) is 0 Å². The number of ether oxygens (including phenoxy) is 2. The van der Waals surface area contributed by atoms with Crippen LogP contribution in [0.4, 0.5) is 17.3 Å². The standard InChI is InChI=1S/C25H27N7O4S/c1-25(2,3)19(13-9-10-16-17(11-13)36-12-35-16)27-21-20(28-22-23(29-21)31-37-30-22)26-15-8-6-7-14(18(15)33)24(34)32(4)5/h6-11,19,33H,12H2,1-5H3,(H,26,28,30)(H,27,29,31)/t19-/m0/s1. The lowest BCUT2D eigenvalue weighted by Crippen LogP contribution is -2.26. The zero-order valence-corrected chi connectivity index (χ0v) is 21.9. The van der Waals surface area contributed by atoms with E-state index in [-0.39, 0.29) is 35.5 Å². The predicted molar refractivity (Wildman–Crippen MR) is 141 cm³/mol. The molecule has 0 spiro atoms.